The fourth-order valence-corrected chi connectivity index (χ4v) is 2.84. The van der Waals surface area contributed by atoms with Crippen LogP contribution in [0.1, 0.15) is 16.0 Å². The van der Waals surface area contributed by atoms with Crippen molar-refractivity contribution in [3.8, 4) is 0 Å². The third kappa shape index (κ3) is 5.87. The lowest BCUT2D eigenvalue weighted by molar-refractivity contribution is 0.240. The average Bonchev–Trinajstić information content (AvgIpc) is 2.99. The minimum absolute atomic E-state index is 0.117. The molecular formula is C17H23N3OS. The summed E-state index contributed by atoms with van der Waals surface area (Å²) in [6.45, 7) is 2.14. The molecule has 0 bridgehead atoms. The van der Waals surface area contributed by atoms with Gasteiger partial charge < -0.3 is 15.5 Å². The summed E-state index contributed by atoms with van der Waals surface area (Å²) in [5, 5.41) is 7.81. The molecule has 0 aliphatic rings. The van der Waals surface area contributed by atoms with Crippen LogP contribution in [0.25, 0.3) is 0 Å². The Labute approximate surface area is 136 Å². The molecule has 2 amide bonds. The summed E-state index contributed by atoms with van der Waals surface area (Å²) >= 11 is 1.72. The zero-order valence-corrected chi connectivity index (χ0v) is 14.0. The first-order valence-electron chi connectivity index (χ1n) is 7.40. The topological polar surface area (TPSA) is 44.4 Å². The highest BCUT2D eigenvalue weighted by Crippen LogP contribution is 2.08. The minimum Gasteiger partial charge on any atom is -0.338 e. The second-order valence-electron chi connectivity index (χ2n) is 5.49. The van der Waals surface area contributed by atoms with Crippen molar-refractivity contribution in [1.82, 2.24) is 15.5 Å². The van der Waals surface area contributed by atoms with E-state index in [9.17, 15) is 4.79 Å². The van der Waals surface area contributed by atoms with Crippen LogP contribution < -0.4 is 10.6 Å². The Balaban J connectivity index is 1.67. The third-order valence-corrected chi connectivity index (χ3v) is 4.15. The molecule has 5 heteroatoms. The van der Waals surface area contributed by atoms with Crippen LogP contribution in [-0.4, -0.2) is 31.6 Å². The number of carbonyl (C=O) groups is 1. The number of rotatable bonds is 7. The molecule has 0 aliphatic heterocycles. The van der Waals surface area contributed by atoms with E-state index in [1.165, 1.54) is 10.4 Å². The van der Waals surface area contributed by atoms with Crippen molar-refractivity contribution in [1.29, 1.82) is 0 Å². The molecule has 22 heavy (non-hydrogen) atoms. The van der Waals surface area contributed by atoms with Gasteiger partial charge in [-0.2, -0.15) is 0 Å². The SMILES string of the molecule is CN(C)Cc1ccc(CNC(=O)NCCc2cccs2)cc1. The van der Waals surface area contributed by atoms with Crippen LogP contribution in [0.15, 0.2) is 41.8 Å². The summed E-state index contributed by atoms with van der Waals surface area (Å²) in [7, 11) is 4.10. The first kappa shape index (κ1) is 16.5. The lowest BCUT2D eigenvalue weighted by atomic mass is 10.1. The molecule has 4 nitrogen and oxygen atoms in total. The fraction of sp³-hybridized carbons (Fsp3) is 0.353. The van der Waals surface area contributed by atoms with Gasteiger partial charge in [0.2, 0.25) is 0 Å². The van der Waals surface area contributed by atoms with E-state index >= 15 is 0 Å². The van der Waals surface area contributed by atoms with Gasteiger partial charge in [-0.05, 0) is 43.1 Å². The predicted molar refractivity (Wildman–Crippen MR) is 92.1 cm³/mol. The smallest absolute Gasteiger partial charge is 0.315 e. The molecule has 118 valence electrons. The Hall–Kier alpha value is -1.85. The monoisotopic (exact) mass is 317 g/mol. The number of amides is 2. The van der Waals surface area contributed by atoms with E-state index in [4.69, 9.17) is 0 Å². The fourth-order valence-electron chi connectivity index (χ4n) is 2.13. The van der Waals surface area contributed by atoms with Crippen LogP contribution in [0.5, 0.6) is 0 Å². The van der Waals surface area contributed by atoms with Crippen molar-refractivity contribution >= 4 is 17.4 Å². The van der Waals surface area contributed by atoms with Crippen molar-refractivity contribution in [3.63, 3.8) is 0 Å². The Morgan fingerprint density at radius 2 is 1.82 bits per heavy atom. The van der Waals surface area contributed by atoms with Crippen LogP contribution in [0.2, 0.25) is 0 Å². The molecule has 0 aliphatic carbocycles. The molecule has 2 N–H and O–H groups in total. The van der Waals surface area contributed by atoms with Gasteiger partial charge in [-0.25, -0.2) is 4.79 Å². The summed E-state index contributed by atoms with van der Waals surface area (Å²) in [6, 6.07) is 12.3. The van der Waals surface area contributed by atoms with Crippen molar-refractivity contribution in [2.75, 3.05) is 20.6 Å². The molecule has 2 aromatic rings. The van der Waals surface area contributed by atoms with E-state index in [-0.39, 0.29) is 6.03 Å². The molecule has 0 saturated carbocycles. The van der Waals surface area contributed by atoms with E-state index in [1.54, 1.807) is 11.3 Å². The van der Waals surface area contributed by atoms with Crippen LogP contribution >= 0.6 is 11.3 Å². The number of hydrogen-bond acceptors (Lipinski definition) is 3. The maximum absolute atomic E-state index is 11.7. The molecule has 0 saturated heterocycles. The number of hydrogen-bond donors (Lipinski definition) is 2. The van der Waals surface area contributed by atoms with Crippen LogP contribution in [-0.2, 0) is 19.5 Å². The Bertz CT molecular complexity index is 564. The number of carbonyl (C=O) groups excluding carboxylic acids is 1. The number of urea groups is 1. The van der Waals surface area contributed by atoms with Gasteiger partial charge in [0.05, 0.1) is 0 Å². The first-order valence-corrected chi connectivity index (χ1v) is 8.28. The van der Waals surface area contributed by atoms with E-state index in [0.29, 0.717) is 13.1 Å². The number of benzene rings is 1. The van der Waals surface area contributed by atoms with Crippen molar-refractivity contribution in [3.05, 3.63) is 57.8 Å². The zero-order chi connectivity index (χ0) is 15.8. The number of nitrogens with one attached hydrogen (secondary N) is 2. The van der Waals surface area contributed by atoms with Crippen LogP contribution in [0.4, 0.5) is 4.79 Å². The maximum atomic E-state index is 11.7. The van der Waals surface area contributed by atoms with E-state index in [0.717, 1.165) is 18.5 Å². The first-order chi connectivity index (χ1) is 10.6. The molecule has 0 unspecified atom stereocenters. The van der Waals surface area contributed by atoms with Crippen molar-refractivity contribution in [2.24, 2.45) is 0 Å². The summed E-state index contributed by atoms with van der Waals surface area (Å²) in [5.41, 5.74) is 2.38. The summed E-state index contributed by atoms with van der Waals surface area (Å²) in [5.74, 6) is 0. The van der Waals surface area contributed by atoms with Gasteiger partial charge in [0.1, 0.15) is 0 Å². The van der Waals surface area contributed by atoms with E-state index in [2.05, 4.69) is 65.3 Å². The molecule has 0 radical (unpaired) electrons. The molecule has 2 rings (SSSR count). The lowest BCUT2D eigenvalue weighted by Crippen LogP contribution is -2.36. The Kier molecular flexibility index (Phi) is 6.43. The van der Waals surface area contributed by atoms with E-state index in [1.807, 2.05) is 6.07 Å². The molecular weight excluding hydrogens is 294 g/mol. The van der Waals surface area contributed by atoms with E-state index < -0.39 is 0 Å². The van der Waals surface area contributed by atoms with Gasteiger partial charge in [-0.15, -0.1) is 11.3 Å². The zero-order valence-electron chi connectivity index (χ0n) is 13.1. The Morgan fingerprint density at radius 1 is 1.09 bits per heavy atom. The van der Waals surface area contributed by atoms with Crippen molar-refractivity contribution < 1.29 is 4.79 Å². The summed E-state index contributed by atoms with van der Waals surface area (Å²) < 4.78 is 0. The number of nitrogens with zero attached hydrogens (tertiary/aromatic N) is 1. The highest BCUT2D eigenvalue weighted by molar-refractivity contribution is 7.09. The van der Waals surface area contributed by atoms with Gasteiger partial charge in [-0.3, -0.25) is 0 Å². The maximum Gasteiger partial charge on any atom is 0.315 e. The quantitative estimate of drug-likeness (QED) is 0.825. The van der Waals surface area contributed by atoms with Gasteiger partial charge in [0, 0.05) is 24.5 Å². The molecule has 1 aromatic heterocycles. The lowest BCUT2D eigenvalue weighted by Gasteiger charge is -2.11. The second-order valence-corrected chi connectivity index (χ2v) is 6.53. The second kappa shape index (κ2) is 8.56. The Morgan fingerprint density at radius 3 is 2.45 bits per heavy atom. The highest BCUT2D eigenvalue weighted by atomic mass is 32.1. The molecule has 0 spiro atoms. The third-order valence-electron chi connectivity index (χ3n) is 3.21. The van der Waals surface area contributed by atoms with Crippen LogP contribution in [0, 0.1) is 0 Å². The van der Waals surface area contributed by atoms with Gasteiger partial charge >= 0.3 is 6.03 Å². The minimum atomic E-state index is -0.117. The standard InChI is InChI=1S/C17H23N3OS/c1-20(2)13-15-7-5-14(6-8-15)12-19-17(21)18-10-9-16-4-3-11-22-16/h3-8,11H,9-10,12-13H2,1-2H3,(H2,18,19,21). The average molecular weight is 317 g/mol. The summed E-state index contributed by atoms with van der Waals surface area (Å²) in [4.78, 5) is 15.2. The molecule has 0 fully saturated rings. The van der Waals surface area contributed by atoms with Gasteiger partial charge in [-0.1, -0.05) is 30.3 Å². The highest BCUT2D eigenvalue weighted by Gasteiger charge is 2.01. The molecule has 1 aromatic carbocycles. The molecule has 0 atom stereocenters. The summed E-state index contributed by atoms with van der Waals surface area (Å²) in [6.07, 6.45) is 0.879. The largest absolute Gasteiger partial charge is 0.338 e. The normalized spacial score (nSPS) is 10.7. The van der Waals surface area contributed by atoms with Gasteiger partial charge in [0.15, 0.2) is 0 Å². The number of thiophene rings is 1. The molecule has 1 heterocycles. The van der Waals surface area contributed by atoms with Crippen LogP contribution in [0.3, 0.4) is 0 Å². The van der Waals surface area contributed by atoms with Crippen molar-refractivity contribution in [2.45, 2.75) is 19.5 Å². The van der Waals surface area contributed by atoms with Gasteiger partial charge in [0.25, 0.3) is 0 Å². The predicted octanol–water partition coefficient (Wildman–Crippen LogP) is 2.85.